The highest BCUT2D eigenvalue weighted by Gasteiger charge is 2.19. The summed E-state index contributed by atoms with van der Waals surface area (Å²) in [6, 6.07) is 5.38. The zero-order chi connectivity index (χ0) is 14.1. The van der Waals surface area contributed by atoms with Crippen molar-refractivity contribution in [1.82, 2.24) is 19.9 Å². The molecular formula is C14H18N4O2. The van der Waals surface area contributed by atoms with Crippen molar-refractivity contribution < 1.29 is 9.90 Å². The van der Waals surface area contributed by atoms with Crippen LogP contribution in [0, 0.1) is 0 Å². The second kappa shape index (κ2) is 5.20. The van der Waals surface area contributed by atoms with Crippen molar-refractivity contribution in [3.63, 3.8) is 0 Å². The first-order valence-corrected chi connectivity index (χ1v) is 6.96. The molecular weight excluding hydrogens is 256 g/mol. The number of carboxylic acids is 1. The maximum atomic E-state index is 10.9. The summed E-state index contributed by atoms with van der Waals surface area (Å²) in [5.41, 5.74) is 1.77. The zero-order valence-electron chi connectivity index (χ0n) is 11.5. The summed E-state index contributed by atoms with van der Waals surface area (Å²) in [5, 5.41) is 17.2. The van der Waals surface area contributed by atoms with Gasteiger partial charge in [0.1, 0.15) is 5.52 Å². The summed E-state index contributed by atoms with van der Waals surface area (Å²) in [6.07, 6.45) is 2.54. The standard InChI is InChI=1S/C14H18N4O2/c1-10(17-6-2-3-7-17)9-18-13-5-4-11(14(19)20)8-12(13)15-16-18/h4-5,8,10H,2-3,6-7,9H2,1H3,(H,19,20). The van der Waals surface area contributed by atoms with Crippen molar-refractivity contribution in [3.8, 4) is 0 Å². The normalized spacial score (nSPS) is 17.6. The number of carbonyl (C=O) groups is 1. The second-order valence-corrected chi connectivity index (χ2v) is 5.37. The van der Waals surface area contributed by atoms with E-state index in [1.807, 2.05) is 4.68 Å². The van der Waals surface area contributed by atoms with Gasteiger partial charge >= 0.3 is 5.97 Å². The van der Waals surface area contributed by atoms with Gasteiger partial charge in [0.25, 0.3) is 0 Å². The molecule has 6 nitrogen and oxygen atoms in total. The van der Waals surface area contributed by atoms with Gasteiger partial charge in [-0.1, -0.05) is 5.21 Å². The predicted molar refractivity (Wildman–Crippen MR) is 74.8 cm³/mol. The SMILES string of the molecule is CC(Cn1nnc2cc(C(=O)O)ccc21)N1CCCC1. The minimum absolute atomic E-state index is 0.247. The Labute approximate surface area is 117 Å². The lowest BCUT2D eigenvalue weighted by Crippen LogP contribution is -2.33. The Bertz CT molecular complexity index is 631. The largest absolute Gasteiger partial charge is 0.478 e. The molecule has 0 aliphatic carbocycles. The number of nitrogens with zero attached hydrogens (tertiary/aromatic N) is 4. The predicted octanol–water partition coefficient (Wildman–Crippen LogP) is 1.61. The number of aromatic nitrogens is 3. The van der Waals surface area contributed by atoms with Crippen molar-refractivity contribution in [2.45, 2.75) is 32.4 Å². The van der Waals surface area contributed by atoms with Gasteiger partial charge < -0.3 is 5.11 Å². The first kappa shape index (κ1) is 13.1. The van der Waals surface area contributed by atoms with E-state index in [0.717, 1.165) is 25.2 Å². The smallest absolute Gasteiger partial charge is 0.335 e. The number of likely N-dealkylation sites (tertiary alicyclic amines) is 1. The molecule has 2 aromatic rings. The van der Waals surface area contributed by atoms with Gasteiger partial charge in [0.2, 0.25) is 0 Å². The van der Waals surface area contributed by atoms with E-state index in [0.29, 0.717) is 11.6 Å². The van der Waals surface area contributed by atoms with E-state index < -0.39 is 5.97 Å². The van der Waals surface area contributed by atoms with E-state index in [4.69, 9.17) is 5.11 Å². The van der Waals surface area contributed by atoms with Gasteiger partial charge in [-0.05, 0) is 51.1 Å². The Balaban J connectivity index is 1.83. The zero-order valence-corrected chi connectivity index (χ0v) is 11.5. The molecule has 1 fully saturated rings. The average molecular weight is 274 g/mol. The van der Waals surface area contributed by atoms with Crippen LogP contribution in [0.5, 0.6) is 0 Å². The first-order valence-electron chi connectivity index (χ1n) is 6.96. The molecule has 0 amide bonds. The van der Waals surface area contributed by atoms with Crippen LogP contribution in [0.25, 0.3) is 11.0 Å². The summed E-state index contributed by atoms with van der Waals surface area (Å²) in [4.78, 5) is 13.4. The highest BCUT2D eigenvalue weighted by Crippen LogP contribution is 2.17. The lowest BCUT2D eigenvalue weighted by atomic mass is 10.2. The lowest BCUT2D eigenvalue weighted by molar-refractivity contribution is 0.0697. The Morgan fingerprint density at radius 1 is 1.40 bits per heavy atom. The maximum absolute atomic E-state index is 10.9. The molecule has 2 heterocycles. The molecule has 0 bridgehead atoms. The molecule has 6 heteroatoms. The molecule has 1 aromatic carbocycles. The molecule has 1 saturated heterocycles. The Hall–Kier alpha value is -1.95. The van der Waals surface area contributed by atoms with Gasteiger partial charge in [0, 0.05) is 6.04 Å². The van der Waals surface area contributed by atoms with Crippen LogP contribution in [0.1, 0.15) is 30.1 Å². The van der Waals surface area contributed by atoms with Crippen LogP contribution in [0.3, 0.4) is 0 Å². The van der Waals surface area contributed by atoms with Crippen LogP contribution in [0.4, 0.5) is 0 Å². The van der Waals surface area contributed by atoms with Crippen molar-refractivity contribution in [2.24, 2.45) is 0 Å². The maximum Gasteiger partial charge on any atom is 0.335 e. The Morgan fingerprint density at radius 2 is 2.15 bits per heavy atom. The third kappa shape index (κ3) is 2.38. The molecule has 1 N–H and O–H groups in total. The number of hydrogen-bond donors (Lipinski definition) is 1. The number of rotatable bonds is 4. The van der Waals surface area contributed by atoms with Crippen molar-refractivity contribution in [3.05, 3.63) is 23.8 Å². The van der Waals surface area contributed by atoms with Gasteiger partial charge in [-0.15, -0.1) is 5.10 Å². The van der Waals surface area contributed by atoms with Crippen LogP contribution in [0.2, 0.25) is 0 Å². The second-order valence-electron chi connectivity index (χ2n) is 5.37. The van der Waals surface area contributed by atoms with Crippen LogP contribution >= 0.6 is 0 Å². The Morgan fingerprint density at radius 3 is 2.85 bits per heavy atom. The van der Waals surface area contributed by atoms with Gasteiger partial charge in [-0.3, -0.25) is 4.90 Å². The van der Waals surface area contributed by atoms with Crippen LogP contribution < -0.4 is 0 Å². The van der Waals surface area contributed by atoms with Crippen molar-refractivity contribution in [2.75, 3.05) is 13.1 Å². The fourth-order valence-corrected chi connectivity index (χ4v) is 2.79. The molecule has 106 valence electrons. The van der Waals surface area contributed by atoms with Crippen LogP contribution in [-0.4, -0.2) is 50.1 Å². The van der Waals surface area contributed by atoms with E-state index >= 15 is 0 Å². The molecule has 0 spiro atoms. The number of aromatic carboxylic acids is 1. The van der Waals surface area contributed by atoms with Crippen molar-refractivity contribution >= 4 is 17.0 Å². The summed E-state index contributed by atoms with van der Waals surface area (Å²) >= 11 is 0. The van der Waals surface area contributed by atoms with Crippen LogP contribution in [-0.2, 0) is 6.54 Å². The van der Waals surface area contributed by atoms with E-state index in [1.54, 1.807) is 18.2 Å². The Kier molecular flexibility index (Phi) is 3.40. The first-order chi connectivity index (χ1) is 9.65. The minimum Gasteiger partial charge on any atom is -0.478 e. The molecule has 3 rings (SSSR count). The summed E-state index contributed by atoms with van der Waals surface area (Å²) in [7, 11) is 0. The number of benzene rings is 1. The molecule has 1 aliphatic rings. The lowest BCUT2D eigenvalue weighted by Gasteiger charge is -2.23. The number of carboxylic acid groups (broad SMARTS) is 1. The van der Waals surface area contributed by atoms with Crippen LogP contribution in [0.15, 0.2) is 18.2 Å². The number of fused-ring (bicyclic) bond motifs is 1. The van der Waals surface area contributed by atoms with E-state index in [9.17, 15) is 4.79 Å². The topological polar surface area (TPSA) is 71.2 Å². The molecule has 1 unspecified atom stereocenters. The monoisotopic (exact) mass is 274 g/mol. The number of hydrogen-bond acceptors (Lipinski definition) is 4. The highest BCUT2D eigenvalue weighted by atomic mass is 16.4. The quantitative estimate of drug-likeness (QED) is 0.917. The fourth-order valence-electron chi connectivity index (χ4n) is 2.79. The van der Waals surface area contributed by atoms with Gasteiger partial charge in [0.05, 0.1) is 17.6 Å². The third-order valence-corrected chi connectivity index (χ3v) is 3.96. The van der Waals surface area contributed by atoms with E-state index in [2.05, 4.69) is 22.1 Å². The molecule has 1 atom stereocenters. The summed E-state index contributed by atoms with van der Waals surface area (Å²) in [6.45, 7) is 5.28. The van der Waals surface area contributed by atoms with E-state index in [1.165, 1.54) is 12.8 Å². The molecule has 0 saturated carbocycles. The van der Waals surface area contributed by atoms with Gasteiger partial charge in [-0.25, -0.2) is 9.48 Å². The average Bonchev–Trinajstić information content (AvgIpc) is 3.07. The molecule has 1 aromatic heterocycles. The van der Waals surface area contributed by atoms with Crippen molar-refractivity contribution in [1.29, 1.82) is 0 Å². The highest BCUT2D eigenvalue weighted by molar-refractivity contribution is 5.92. The van der Waals surface area contributed by atoms with E-state index in [-0.39, 0.29) is 5.56 Å². The fraction of sp³-hybridized carbons (Fsp3) is 0.500. The van der Waals surface area contributed by atoms with Gasteiger partial charge in [-0.2, -0.15) is 0 Å². The third-order valence-electron chi connectivity index (χ3n) is 3.96. The summed E-state index contributed by atoms with van der Waals surface area (Å²) < 4.78 is 1.87. The summed E-state index contributed by atoms with van der Waals surface area (Å²) in [5.74, 6) is -0.938. The van der Waals surface area contributed by atoms with Gasteiger partial charge in [0.15, 0.2) is 0 Å². The minimum atomic E-state index is -0.938. The molecule has 1 aliphatic heterocycles. The molecule has 0 radical (unpaired) electrons. The molecule has 20 heavy (non-hydrogen) atoms.